The molecule has 0 amide bonds. The van der Waals surface area contributed by atoms with Gasteiger partial charge in [-0.15, -0.1) is 12.4 Å². The minimum atomic E-state index is -0.189. The van der Waals surface area contributed by atoms with Crippen LogP contribution in [0.25, 0.3) is 10.9 Å². The normalized spacial score (nSPS) is 9.71. The highest BCUT2D eigenvalue weighted by Gasteiger charge is 2.03. The number of hydrogen-bond donors (Lipinski definition) is 0. The first kappa shape index (κ1) is 13.5. The molecule has 3 nitrogen and oxygen atoms in total. The van der Waals surface area contributed by atoms with Crippen molar-refractivity contribution in [2.24, 2.45) is 0 Å². The van der Waals surface area contributed by atoms with E-state index in [0.717, 1.165) is 17.3 Å². The van der Waals surface area contributed by atoms with Gasteiger partial charge in [-0.2, -0.15) is 0 Å². The molecule has 1 heterocycles. The average molecular weight is 252 g/mol. The first-order chi connectivity index (χ1) is 7.79. The van der Waals surface area contributed by atoms with E-state index in [9.17, 15) is 4.79 Å². The lowest BCUT2D eigenvalue weighted by molar-refractivity contribution is -0.134. The van der Waals surface area contributed by atoms with Crippen LogP contribution in [0.4, 0.5) is 0 Å². The fraction of sp³-hybridized carbons (Fsp3) is 0.231. The molecular formula is C13H14ClNO2. The summed E-state index contributed by atoms with van der Waals surface area (Å²) in [5.41, 5.74) is 0.901. The molecule has 0 atom stereocenters. The number of aromatic nitrogens is 1. The van der Waals surface area contributed by atoms with Crippen LogP contribution in [0.5, 0.6) is 5.75 Å². The molecule has 0 bridgehead atoms. The molecule has 0 aliphatic carbocycles. The van der Waals surface area contributed by atoms with Crippen molar-refractivity contribution in [2.75, 3.05) is 0 Å². The van der Waals surface area contributed by atoms with Gasteiger partial charge in [0.15, 0.2) is 0 Å². The predicted molar refractivity (Wildman–Crippen MR) is 69.5 cm³/mol. The average Bonchev–Trinajstić information content (AvgIpc) is 2.29. The minimum Gasteiger partial charge on any atom is -0.427 e. The maximum Gasteiger partial charge on any atom is 0.311 e. The van der Waals surface area contributed by atoms with Gasteiger partial charge in [0.25, 0.3) is 0 Å². The van der Waals surface area contributed by atoms with Gasteiger partial charge in [0, 0.05) is 18.0 Å². The van der Waals surface area contributed by atoms with Crippen molar-refractivity contribution in [3.8, 4) is 5.75 Å². The van der Waals surface area contributed by atoms with Crippen molar-refractivity contribution in [2.45, 2.75) is 19.8 Å². The number of fused-ring (bicyclic) bond motifs is 1. The van der Waals surface area contributed by atoms with E-state index in [1.165, 1.54) is 0 Å². The van der Waals surface area contributed by atoms with Gasteiger partial charge >= 0.3 is 5.97 Å². The highest BCUT2D eigenvalue weighted by Crippen LogP contribution is 2.19. The zero-order chi connectivity index (χ0) is 11.4. The third kappa shape index (κ3) is 3.43. The molecular weight excluding hydrogens is 238 g/mol. The topological polar surface area (TPSA) is 39.2 Å². The molecule has 0 aliphatic rings. The molecule has 1 aromatic carbocycles. The number of halogens is 1. The Kier molecular flexibility index (Phi) is 4.91. The van der Waals surface area contributed by atoms with E-state index >= 15 is 0 Å². The summed E-state index contributed by atoms with van der Waals surface area (Å²) >= 11 is 0. The van der Waals surface area contributed by atoms with Gasteiger partial charge < -0.3 is 4.74 Å². The van der Waals surface area contributed by atoms with E-state index in [1.807, 2.05) is 31.2 Å². The molecule has 0 saturated heterocycles. The van der Waals surface area contributed by atoms with Crippen LogP contribution in [0.15, 0.2) is 36.5 Å². The number of ether oxygens (including phenoxy) is 1. The minimum absolute atomic E-state index is 0. The molecule has 0 saturated carbocycles. The van der Waals surface area contributed by atoms with E-state index in [1.54, 1.807) is 12.3 Å². The van der Waals surface area contributed by atoms with E-state index in [2.05, 4.69) is 4.98 Å². The summed E-state index contributed by atoms with van der Waals surface area (Å²) in [5.74, 6) is 0.393. The smallest absolute Gasteiger partial charge is 0.311 e. The Labute approximate surface area is 106 Å². The van der Waals surface area contributed by atoms with Gasteiger partial charge in [0.2, 0.25) is 0 Å². The van der Waals surface area contributed by atoms with Crippen LogP contribution >= 0.6 is 12.4 Å². The van der Waals surface area contributed by atoms with Crippen molar-refractivity contribution in [1.29, 1.82) is 0 Å². The molecule has 0 unspecified atom stereocenters. The lowest BCUT2D eigenvalue weighted by atomic mass is 10.2. The molecule has 2 rings (SSSR count). The van der Waals surface area contributed by atoms with Crippen LogP contribution in [-0.2, 0) is 4.79 Å². The molecule has 0 radical (unpaired) electrons. The summed E-state index contributed by atoms with van der Waals surface area (Å²) in [4.78, 5) is 15.5. The fourth-order valence-electron chi connectivity index (χ4n) is 1.50. The monoisotopic (exact) mass is 251 g/mol. The lowest BCUT2D eigenvalue weighted by Crippen LogP contribution is -2.06. The molecule has 4 heteroatoms. The lowest BCUT2D eigenvalue weighted by Gasteiger charge is -2.04. The Balaban J connectivity index is 0.00000144. The summed E-state index contributed by atoms with van der Waals surface area (Å²) < 4.78 is 5.20. The third-order valence-electron chi connectivity index (χ3n) is 2.26. The third-order valence-corrected chi connectivity index (χ3v) is 2.26. The largest absolute Gasteiger partial charge is 0.427 e. The van der Waals surface area contributed by atoms with Gasteiger partial charge in [-0.05, 0) is 30.7 Å². The van der Waals surface area contributed by atoms with Crippen molar-refractivity contribution in [1.82, 2.24) is 4.98 Å². The van der Waals surface area contributed by atoms with Gasteiger partial charge in [0.1, 0.15) is 5.75 Å². The summed E-state index contributed by atoms with van der Waals surface area (Å²) in [5, 5.41) is 0.976. The zero-order valence-corrected chi connectivity index (χ0v) is 10.4. The van der Waals surface area contributed by atoms with E-state index in [-0.39, 0.29) is 18.4 Å². The van der Waals surface area contributed by atoms with Gasteiger partial charge in [-0.25, -0.2) is 0 Å². The Bertz CT molecular complexity index is 514. The summed E-state index contributed by atoms with van der Waals surface area (Å²) in [6.07, 6.45) is 2.99. The first-order valence-corrected chi connectivity index (χ1v) is 5.35. The predicted octanol–water partition coefficient (Wildman–Crippen LogP) is 3.36. The maximum atomic E-state index is 11.3. The number of pyridine rings is 1. The second-order valence-electron chi connectivity index (χ2n) is 3.58. The van der Waals surface area contributed by atoms with Crippen molar-refractivity contribution in [3.05, 3.63) is 36.5 Å². The second-order valence-corrected chi connectivity index (χ2v) is 3.58. The highest BCUT2D eigenvalue weighted by molar-refractivity contribution is 5.85. The number of nitrogens with zero attached hydrogens (tertiary/aromatic N) is 1. The van der Waals surface area contributed by atoms with Gasteiger partial charge in [-0.3, -0.25) is 9.78 Å². The molecule has 2 aromatic rings. The number of rotatable bonds is 3. The molecule has 0 fully saturated rings. The first-order valence-electron chi connectivity index (χ1n) is 5.35. The van der Waals surface area contributed by atoms with Crippen molar-refractivity contribution in [3.63, 3.8) is 0 Å². The summed E-state index contributed by atoms with van der Waals surface area (Å²) in [7, 11) is 0. The number of esters is 1. The molecule has 0 spiro atoms. The van der Waals surface area contributed by atoms with Gasteiger partial charge in [0.05, 0.1) is 5.52 Å². The number of carbonyl (C=O) groups excluding carboxylic acids is 1. The van der Waals surface area contributed by atoms with E-state index in [4.69, 9.17) is 4.74 Å². The Hall–Kier alpha value is -1.61. The van der Waals surface area contributed by atoms with Crippen LogP contribution in [0.3, 0.4) is 0 Å². The molecule has 0 N–H and O–H groups in total. The molecule has 1 aromatic heterocycles. The second kappa shape index (κ2) is 6.21. The maximum absolute atomic E-state index is 11.3. The molecule has 0 aliphatic heterocycles. The zero-order valence-electron chi connectivity index (χ0n) is 9.55. The van der Waals surface area contributed by atoms with Crippen LogP contribution < -0.4 is 4.74 Å². The summed E-state index contributed by atoms with van der Waals surface area (Å²) in [6.45, 7) is 1.95. The molecule has 17 heavy (non-hydrogen) atoms. The van der Waals surface area contributed by atoms with Crippen LogP contribution in [-0.4, -0.2) is 11.0 Å². The van der Waals surface area contributed by atoms with Crippen molar-refractivity contribution < 1.29 is 9.53 Å². The van der Waals surface area contributed by atoms with Crippen molar-refractivity contribution >= 4 is 29.3 Å². The fourth-order valence-corrected chi connectivity index (χ4v) is 1.50. The van der Waals surface area contributed by atoms with Crippen LogP contribution in [0.2, 0.25) is 0 Å². The highest BCUT2D eigenvalue weighted by atomic mass is 35.5. The number of carbonyl (C=O) groups is 1. The SMILES string of the molecule is CCCC(=O)Oc1ccc2ncccc2c1.Cl. The Morgan fingerprint density at radius 2 is 2.18 bits per heavy atom. The van der Waals surface area contributed by atoms with E-state index < -0.39 is 0 Å². The van der Waals surface area contributed by atoms with Crippen LogP contribution in [0.1, 0.15) is 19.8 Å². The van der Waals surface area contributed by atoms with Crippen LogP contribution in [0, 0.1) is 0 Å². The Morgan fingerprint density at radius 1 is 1.35 bits per heavy atom. The number of benzene rings is 1. The van der Waals surface area contributed by atoms with Gasteiger partial charge in [-0.1, -0.05) is 13.0 Å². The number of hydrogen-bond acceptors (Lipinski definition) is 3. The standard InChI is InChI=1S/C13H13NO2.ClH/c1-2-4-13(15)16-11-6-7-12-10(9-11)5-3-8-14-12;/h3,5-9H,2,4H2,1H3;1H. The molecule has 90 valence electrons. The quantitative estimate of drug-likeness (QED) is 0.620. The Morgan fingerprint density at radius 3 is 2.94 bits per heavy atom. The summed E-state index contributed by atoms with van der Waals surface area (Å²) in [6, 6.07) is 9.25. The van der Waals surface area contributed by atoms with E-state index in [0.29, 0.717) is 12.2 Å².